The maximum atomic E-state index is 4.61. The van der Waals surface area contributed by atoms with Crippen molar-refractivity contribution < 1.29 is 0 Å². The van der Waals surface area contributed by atoms with Crippen LogP contribution in [0, 0.1) is 5.41 Å². The van der Waals surface area contributed by atoms with Crippen molar-refractivity contribution in [3.63, 3.8) is 0 Å². The maximum absolute atomic E-state index is 4.61. The lowest BCUT2D eigenvalue weighted by Gasteiger charge is -2.18. The lowest BCUT2D eigenvalue weighted by molar-refractivity contribution is 0.411. The van der Waals surface area contributed by atoms with Crippen molar-refractivity contribution in [2.75, 3.05) is 0 Å². The Morgan fingerprint density at radius 2 is 1.67 bits per heavy atom. The van der Waals surface area contributed by atoms with Crippen LogP contribution in [0.15, 0.2) is 60.8 Å². The van der Waals surface area contributed by atoms with Crippen LogP contribution in [0.25, 0.3) is 22.0 Å². The third-order valence-corrected chi connectivity index (χ3v) is 3.61. The highest BCUT2D eigenvalue weighted by molar-refractivity contribution is 5.94. The van der Waals surface area contributed by atoms with Crippen LogP contribution in [0.2, 0.25) is 0 Å². The molecule has 1 heteroatoms. The van der Waals surface area contributed by atoms with Crippen LogP contribution in [0.1, 0.15) is 26.3 Å². The molecular weight excluding hydrogens is 254 g/mol. The molecule has 2 aromatic carbocycles. The number of benzene rings is 2. The van der Waals surface area contributed by atoms with E-state index in [1.165, 1.54) is 21.9 Å². The van der Waals surface area contributed by atoms with E-state index in [1.54, 1.807) is 0 Å². The Bertz CT molecular complexity index is 752. The maximum Gasteiger partial charge on any atom is 0.0780 e. The molecule has 0 aliphatic rings. The van der Waals surface area contributed by atoms with Gasteiger partial charge in [-0.1, -0.05) is 63.2 Å². The normalized spacial score (nSPS) is 11.8. The number of aromatic nitrogens is 1. The van der Waals surface area contributed by atoms with Crippen LogP contribution in [-0.4, -0.2) is 4.98 Å². The van der Waals surface area contributed by atoms with Crippen LogP contribution < -0.4 is 0 Å². The van der Waals surface area contributed by atoms with Crippen molar-refractivity contribution in [1.29, 1.82) is 0 Å². The zero-order valence-electron chi connectivity index (χ0n) is 12.9. The third kappa shape index (κ3) is 3.13. The average Bonchev–Trinajstić information content (AvgIpc) is 2.46. The topological polar surface area (TPSA) is 12.9 Å². The van der Waals surface area contributed by atoms with Crippen molar-refractivity contribution in [2.45, 2.75) is 27.2 Å². The van der Waals surface area contributed by atoms with E-state index in [2.05, 4.69) is 74.3 Å². The summed E-state index contributed by atoms with van der Waals surface area (Å²) < 4.78 is 0. The minimum Gasteiger partial charge on any atom is -0.256 e. The molecule has 0 fully saturated rings. The molecule has 0 aliphatic heterocycles. The second-order valence-corrected chi connectivity index (χ2v) is 6.82. The highest BCUT2D eigenvalue weighted by Gasteiger charge is 2.12. The molecule has 0 unspecified atom stereocenters. The van der Waals surface area contributed by atoms with Gasteiger partial charge in [0.15, 0.2) is 0 Å². The van der Waals surface area contributed by atoms with Crippen molar-refractivity contribution in [3.8, 4) is 11.3 Å². The van der Waals surface area contributed by atoms with Crippen molar-refractivity contribution >= 4 is 10.8 Å². The van der Waals surface area contributed by atoms with Crippen LogP contribution in [0.3, 0.4) is 0 Å². The molecule has 1 aromatic heterocycles. The predicted octanol–water partition coefficient (Wildman–Crippen LogP) is 5.49. The van der Waals surface area contributed by atoms with Gasteiger partial charge in [0.2, 0.25) is 0 Å². The summed E-state index contributed by atoms with van der Waals surface area (Å²) in [5.74, 6) is 0. The first-order valence-corrected chi connectivity index (χ1v) is 7.46. The Hall–Kier alpha value is -2.15. The van der Waals surface area contributed by atoms with E-state index < -0.39 is 0 Å². The molecule has 0 spiro atoms. The van der Waals surface area contributed by atoms with E-state index in [-0.39, 0.29) is 0 Å². The van der Waals surface area contributed by atoms with Gasteiger partial charge in [-0.2, -0.15) is 0 Å². The number of nitrogens with zero attached hydrogens (tertiary/aromatic N) is 1. The number of hydrogen-bond acceptors (Lipinski definition) is 1. The second-order valence-electron chi connectivity index (χ2n) is 6.82. The van der Waals surface area contributed by atoms with Gasteiger partial charge in [0.1, 0.15) is 0 Å². The van der Waals surface area contributed by atoms with Crippen molar-refractivity contribution in [3.05, 3.63) is 66.4 Å². The largest absolute Gasteiger partial charge is 0.256 e. The summed E-state index contributed by atoms with van der Waals surface area (Å²) in [5, 5.41) is 2.49. The second kappa shape index (κ2) is 5.33. The van der Waals surface area contributed by atoms with Gasteiger partial charge in [0, 0.05) is 17.1 Å². The number of fused-ring (bicyclic) bond motifs is 1. The van der Waals surface area contributed by atoms with E-state index in [0.717, 1.165) is 12.1 Å². The van der Waals surface area contributed by atoms with Crippen molar-refractivity contribution in [1.82, 2.24) is 4.98 Å². The minimum atomic E-state index is 0.294. The van der Waals surface area contributed by atoms with Crippen LogP contribution in [0.4, 0.5) is 0 Å². The van der Waals surface area contributed by atoms with Crippen LogP contribution in [-0.2, 0) is 6.42 Å². The highest BCUT2D eigenvalue weighted by Crippen LogP contribution is 2.29. The molecule has 0 saturated carbocycles. The first kappa shape index (κ1) is 13.8. The summed E-state index contributed by atoms with van der Waals surface area (Å²) >= 11 is 0. The van der Waals surface area contributed by atoms with E-state index in [9.17, 15) is 0 Å². The highest BCUT2D eigenvalue weighted by atomic mass is 14.7. The van der Waals surface area contributed by atoms with Gasteiger partial charge in [-0.15, -0.1) is 0 Å². The van der Waals surface area contributed by atoms with Gasteiger partial charge >= 0.3 is 0 Å². The summed E-state index contributed by atoms with van der Waals surface area (Å²) in [5.41, 5.74) is 3.92. The van der Waals surface area contributed by atoms with Gasteiger partial charge in [0.05, 0.1) is 5.69 Å². The summed E-state index contributed by atoms with van der Waals surface area (Å²) in [6.45, 7) is 6.83. The Morgan fingerprint density at radius 1 is 0.905 bits per heavy atom. The number of pyridine rings is 1. The average molecular weight is 275 g/mol. The molecule has 106 valence electrons. The molecule has 3 aromatic rings. The molecule has 0 bridgehead atoms. The molecule has 3 rings (SSSR count). The van der Waals surface area contributed by atoms with Crippen molar-refractivity contribution in [2.24, 2.45) is 5.41 Å². The van der Waals surface area contributed by atoms with Crippen LogP contribution >= 0.6 is 0 Å². The van der Waals surface area contributed by atoms with Gasteiger partial charge in [0.25, 0.3) is 0 Å². The molecular formula is C20H21N. The summed E-state index contributed by atoms with van der Waals surface area (Å²) in [6, 6.07) is 19.3. The number of hydrogen-bond donors (Lipinski definition) is 0. The molecule has 0 aliphatic carbocycles. The lowest BCUT2D eigenvalue weighted by atomic mass is 9.87. The molecule has 1 nitrogen and oxygen atoms in total. The standard InChI is InChI=1S/C20H21N/c1-20(2,3)14-15-9-10-16-11-12-21-19(18(16)13-15)17-7-5-4-6-8-17/h4-13H,14H2,1-3H3. The third-order valence-electron chi connectivity index (χ3n) is 3.61. The molecule has 21 heavy (non-hydrogen) atoms. The Labute approximate surface area is 126 Å². The number of rotatable bonds is 2. The first-order chi connectivity index (χ1) is 10.0. The minimum absolute atomic E-state index is 0.294. The quantitative estimate of drug-likeness (QED) is 0.602. The summed E-state index contributed by atoms with van der Waals surface area (Å²) in [4.78, 5) is 4.61. The Kier molecular flexibility index (Phi) is 3.50. The zero-order chi connectivity index (χ0) is 14.9. The van der Waals surface area contributed by atoms with Crippen LogP contribution in [0.5, 0.6) is 0 Å². The molecule has 0 amide bonds. The first-order valence-electron chi connectivity index (χ1n) is 7.46. The fourth-order valence-electron chi connectivity index (χ4n) is 2.76. The fourth-order valence-corrected chi connectivity index (χ4v) is 2.76. The van der Waals surface area contributed by atoms with E-state index >= 15 is 0 Å². The molecule has 1 heterocycles. The Morgan fingerprint density at radius 3 is 2.38 bits per heavy atom. The molecule has 0 atom stereocenters. The molecule has 0 radical (unpaired) electrons. The monoisotopic (exact) mass is 275 g/mol. The zero-order valence-corrected chi connectivity index (χ0v) is 12.9. The smallest absolute Gasteiger partial charge is 0.0780 e. The van der Waals surface area contributed by atoms with Gasteiger partial charge in [-0.05, 0) is 34.9 Å². The lowest BCUT2D eigenvalue weighted by Crippen LogP contribution is -2.08. The summed E-state index contributed by atoms with van der Waals surface area (Å²) in [6.07, 6.45) is 2.97. The Balaban J connectivity index is 2.15. The van der Waals surface area contributed by atoms with E-state index in [0.29, 0.717) is 5.41 Å². The van der Waals surface area contributed by atoms with Gasteiger partial charge in [-0.25, -0.2) is 0 Å². The van der Waals surface area contributed by atoms with Gasteiger partial charge in [-0.3, -0.25) is 4.98 Å². The predicted molar refractivity (Wildman–Crippen MR) is 90.3 cm³/mol. The molecule has 0 N–H and O–H groups in total. The fraction of sp³-hybridized carbons (Fsp3) is 0.250. The van der Waals surface area contributed by atoms with Gasteiger partial charge < -0.3 is 0 Å². The van der Waals surface area contributed by atoms with E-state index in [1.807, 2.05) is 12.3 Å². The SMILES string of the molecule is CC(C)(C)Cc1ccc2ccnc(-c3ccccc3)c2c1. The molecule has 0 saturated heterocycles. The van der Waals surface area contributed by atoms with E-state index in [4.69, 9.17) is 0 Å². The summed E-state index contributed by atoms with van der Waals surface area (Å²) in [7, 11) is 0.